The molecule has 0 spiro atoms. The van der Waals surface area contributed by atoms with E-state index in [1.54, 1.807) is 34.9 Å². The van der Waals surface area contributed by atoms with Gasteiger partial charge in [0.2, 0.25) is 0 Å². The van der Waals surface area contributed by atoms with Crippen molar-refractivity contribution in [2.45, 2.75) is 13.8 Å². The Morgan fingerprint density at radius 1 is 1.04 bits per heavy atom. The van der Waals surface area contributed by atoms with E-state index in [1.165, 1.54) is 17.4 Å². The molecule has 0 atom stereocenters. The highest BCUT2D eigenvalue weighted by Gasteiger charge is 2.15. The molecule has 0 aliphatic carbocycles. The molecule has 2 aromatic carbocycles. The summed E-state index contributed by atoms with van der Waals surface area (Å²) in [5.41, 5.74) is 2.75. The average molecular weight is 376 g/mol. The van der Waals surface area contributed by atoms with Crippen LogP contribution < -0.4 is 5.56 Å². The third-order valence-electron chi connectivity index (χ3n) is 4.51. The number of hydrogen-bond acceptors (Lipinski definition) is 3. The van der Waals surface area contributed by atoms with Gasteiger partial charge in [-0.3, -0.25) is 9.36 Å². The second-order valence-electron chi connectivity index (χ2n) is 6.30. The van der Waals surface area contributed by atoms with Gasteiger partial charge in [0.1, 0.15) is 11.6 Å². The quantitative estimate of drug-likeness (QED) is 0.482. The number of fused-ring (bicyclic) bond motifs is 1. The summed E-state index contributed by atoms with van der Waals surface area (Å²) in [6, 6.07) is 14.2. The molecule has 0 unspecified atom stereocenters. The average Bonchev–Trinajstić information content (AvgIpc) is 3.03. The van der Waals surface area contributed by atoms with Crippen molar-refractivity contribution >= 4 is 34.4 Å². The van der Waals surface area contributed by atoms with E-state index in [4.69, 9.17) is 0 Å². The second kappa shape index (κ2) is 6.93. The van der Waals surface area contributed by atoms with Crippen molar-refractivity contribution < 1.29 is 4.39 Å². The van der Waals surface area contributed by atoms with E-state index in [1.807, 2.05) is 43.5 Å². The van der Waals surface area contributed by atoms with Crippen molar-refractivity contribution in [3.8, 4) is 5.69 Å². The number of aromatic nitrogens is 2. The van der Waals surface area contributed by atoms with Crippen molar-refractivity contribution in [2.24, 2.45) is 0 Å². The van der Waals surface area contributed by atoms with Gasteiger partial charge in [-0.2, -0.15) is 0 Å². The minimum atomic E-state index is -0.314. The van der Waals surface area contributed by atoms with Crippen LogP contribution in [-0.2, 0) is 0 Å². The van der Waals surface area contributed by atoms with E-state index in [0.29, 0.717) is 22.3 Å². The largest absolute Gasteiger partial charge is 0.268 e. The van der Waals surface area contributed by atoms with E-state index >= 15 is 0 Å². The number of aryl methyl sites for hydroxylation is 2. The molecule has 3 nitrogen and oxygen atoms in total. The molecule has 4 rings (SSSR count). The summed E-state index contributed by atoms with van der Waals surface area (Å²) < 4.78 is 15.6. The van der Waals surface area contributed by atoms with Crippen LogP contribution in [0.5, 0.6) is 0 Å². The van der Waals surface area contributed by atoms with Crippen LogP contribution in [0.15, 0.2) is 58.7 Å². The lowest BCUT2D eigenvalue weighted by Crippen LogP contribution is -2.23. The highest BCUT2D eigenvalue weighted by Crippen LogP contribution is 2.23. The molecule has 0 radical (unpaired) electrons. The first kappa shape index (κ1) is 17.4. The van der Waals surface area contributed by atoms with Gasteiger partial charge in [-0.05, 0) is 43.7 Å². The van der Waals surface area contributed by atoms with E-state index in [0.717, 1.165) is 16.1 Å². The Kier molecular flexibility index (Phi) is 4.46. The fraction of sp³-hybridized carbons (Fsp3) is 0.0909. The fourth-order valence-corrected chi connectivity index (χ4v) is 3.88. The molecule has 4 aromatic rings. The van der Waals surface area contributed by atoms with E-state index in [-0.39, 0.29) is 11.4 Å². The van der Waals surface area contributed by atoms with Crippen molar-refractivity contribution in [1.82, 2.24) is 9.55 Å². The maximum atomic E-state index is 14.0. The van der Waals surface area contributed by atoms with Crippen molar-refractivity contribution in [3.63, 3.8) is 0 Å². The van der Waals surface area contributed by atoms with Gasteiger partial charge < -0.3 is 0 Å². The highest BCUT2D eigenvalue weighted by molar-refractivity contribution is 7.11. The molecule has 134 valence electrons. The normalized spacial score (nSPS) is 11.5. The molecule has 0 amide bonds. The molecule has 0 N–H and O–H groups in total. The van der Waals surface area contributed by atoms with Gasteiger partial charge in [0.25, 0.3) is 5.56 Å². The standard InChI is InChI=1S/C22H17FN2OS/c1-14-7-3-6-10-19(14)25-20(12-11-16-8-4-5-9-17(16)23)24-18-13-27-15(2)21(18)22(25)26/h3-13H,1-2H3. The first-order chi connectivity index (χ1) is 13.1. The topological polar surface area (TPSA) is 34.9 Å². The van der Waals surface area contributed by atoms with Crippen LogP contribution in [0.25, 0.3) is 28.7 Å². The Balaban J connectivity index is 1.99. The maximum Gasteiger partial charge on any atom is 0.267 e. The minimum absolute atomic E-state index is 0.110. The van der Waals surface area contributed by atoms with Gasteiger partial charge in [-0.15, -0.1) is 11.3 Å². The zero-order chi connectivity index (χ0) is 19.0. The number of thiophene rings is 1. The zero-order valence-corrected chi connectivity index (χ0v) is 15.8. The lowest BCUT2D eigenvalue weighted by molar-refractivity contribution is 0.625. The number of halogens is 1. The lowest BCUT2D eigenvalue weighted by Gasteiger charge is -2.13. The van der Waals surface area contributed by atoms with Gasteiger partial charge in [-0.1, -0.05) is 36.4 Å². The summed E-state index contributed by atoms with van der Waals surface area (Å²) in [5.74, 6) is 0.161. The lowest BCUT2D eigenvalue weighted by atomic mass is 10.1. The van der Waals surface area contributed by atoms with E-state index < -0.39 is 0 Å². The van der Waals surface area contributed by atoms with Crippen LogP contribution in [0.1, 0.15) is 21.8 Å². The molecule has 27 heavy (non-hydrogen) atoms. The summed E-state index contributed by atoms with van der Waals surface area (Å²) in [4.78, 5) is 18.9. The molecular formula is C22H17FN2OS. The van der Waals surface area contributed by atoms with Gasteiger partial charge in [0.05, 0.1) is 16.6 Å². The van der Waals surface area contributed by atoms with Crippen LogP contribution >= 0.6 is 11.3 Å². The Morgan fingerprint density at radius 2 is 1.78 bits per heavy atom. The summed E-state index contributed by atoms with van der Waals surface area (Å²) in [7, 11) is 0. The number of para-hydroxylation sites is 1. The maximum absolute atomic E-state index is 14.0. The van der Waals surface area contributed by atoms with Crippen LogP contribution in [0, 0.1) is 19.7 Å². The number of hydrogen-bond donors (Lipinski definition) is 0. The van der Waals surface area contributed by atoms with Crippen molar-refractivity contribution in [1.29, 1.82) is 0 Å². The number of nitrogens with zero attached hydrogens (tertiary/aromatic N) is 2. The highest BCUT2D eigenvalue weighted by atomic mass is 32.1. The number of benzene rings is 2. The predicted octanol–water partition coefficient (Wildman–Crippen LogP) is 5.37. The van der Waals surface area contributed by atoms with Gasteiger partial charge >= 0.3 is 0 Å². The zero-order valence-electron chi connectivity index (χ0n) is 14.9. The third kappa shape index (κ3) is 3.11. The molecular weight excluding hydrogens is 359 g/mol. The monoisotopic (exact) mass is 376 g/mol. The predicted molar refractivity (Wildman–Crippen MR) is 110 cm³/mol. The Bertz CT molecular complexity index is 1240. The Morgan fingerprint density at radius 3 is 2.56 bits per heavy atom. The van der Waals surface area contributed by atoms with Crippen molar-refractivity contribution in [2.75, 3.05) is 0 Å². The Labute approximate surface area is 160 Å². The molecule has 0 saturated carbocycles. The van der Waals surface area contributed by atoms with Crippen LogP contribution in [0.2, 0.25) is 0 Å². The molecule has 2 aromatic heterocycles. The molecule has 2 heterocycles. The van der Waals surface area contributed by atoms with Gasteiger partial charge in [0.15, 0.2) is 0 Å². The van der Waals surface area contributed by atoms with Crippen LogP contribution in [-0.4, -0.2) is 9.55 Å². The fourth-order valence-electron chi connectivity index (χ4n) is 3.11. The molecule has 0 bridgehead atoms. The van der Waals surface area contributed by atoms with Gasteiger partial charge in [0, 0.05) is 15.8 Å². The minimum Gasteiger partial charge on any atom is -0.268 e. The molecule has 0 aliphatic rings. The summed E-state index contributed by atoms with van der Waals surface area (Å²) >= 11 is 1.51. The summed E-state index contributed by atoms with van der Waals surface area (Å²) in [5, 5.41) is 2.51. The van der Waals surface area contributed by atoms with E-state index in [2.05, 4.69) is 4.98 Å². The molecule has 5 heteroatoms. The van der Waals surface area contributed by atoms with Gasteiger partial charge in [-0.25, -0.2) is 9.37 Å². The SMILES string of the molecule is Cc1ccccc1-n1c(C=Cc2ccccc2F)nc2csc(C)c2c1=O. The number of rotatable bonds is 3. The van der Waals surface area contributed by atoms with Crippen molar-refractivity contribution in [3.05, 3.63) is 91.9 Å². The summed E-state index contributed by atoms with van der Waals surface area (Å²) in [6.45, 7) is 3.88. The molecule has 0 saturated heterocycles. The first-order valence-corrected chi connectivity index (χ1v) is 9.43. The smallest absolute Gasteiger partial charge is 0.267 e. The van der Waals surface area contributed by atoms with Crippen LogP contribution in [0.3, 0.4) is 0 Å². The van der Waals surface area contributed by atoms with Crippen LogP contribution in [0.4, 0.5) is 4.39 Å². The Hall–Kier alpha value is -3.05. The molecule has 0 fully saturated rings. The second-order valence-corrected chi connectivity index (χ2v) is 7.39. The molecule has 0 aliphatic heterocycles. The first-order valence-electron chi connectivity index (χ1n) is 8.56. The van der Waals surface area contributed by atoms with E-state index in [9.17, 15) is 9.18 Å². The summed E-state index contributed by atoms with van der Waals surface area (Å²) in [6.07, 6.45) is 3.34. The third-order valence-corrected chi connectivity index (χ3v) is 5.41.